The van der Waals surface area contributed by atoms with Crippen LogP contribution in [-0.4, -0.2) is 34.9 Å². The van der Waals surface area contributed by atoms with Crippen LogP contribution >= 0.6 is 0 Å². The Morgan fingerprint density at radius 3 is 0.983 bits per heavy atom. The number of unbranched alkanes of at least 4 members (excludes halogenated alkanes) is 35. The molecule has 0 saturated carbocycles. The monoisotopic (exact) mass is 826 g/mol. The molecule has 346 valence electrons. The van der Waals surface area contributed by atoms with E-state index in [1.165, 1.54) is 218 Å². The van der Waals surface area contributed by atoms with Gasteiger partial charge in [0.1, 0.15) is 0 Å². The average molecular weight is 826 g/mol. The molecule has 0 aliphatic heterocycles. The van der Waals surface area contributed by atoms with Gasteiger partial charge in [-0.05, 0) is 70.6 Å². The van der Waals surface area contributed by atoms with Gasteiger partial charge in [0, 0.05) is 6.42 Å². The van der Waals surface area contributed by atoms with Crippen molar-refractivity contribution in [3.8, 4) is 0 Å². The van der Waals surface area contributed by atoms with E-state index in [-0.39, 0.29) is 12.5 Å². The molecule has 3 N–H and O–H groups in total. The van der Waals surface area contributed by atoms with Gasteiger partial charge in [0.25, 0.3) is 0 Å². The zero-order valence-corrected chi connectivity index (χ0v) is 39.8. The fourth-order valence-electron chi connectivity index (χ4n) is 7.97. The van der Waals surface area contributed by atoms with Gasteiger partial charge >= 0.3 is 0 Å². The van der Waals surface area contributed by atoms with E-state index >= 15 is 0 Å². The number of rotatable bonds is 48. The second-order valence-electron chi connectivity index (χ2n) is 17.9. The molecule has 2 atom stereocenters. The summed E-state index contributed by atoms with van der Waals surface area (Å²) in [6, 6.07) is -0.647. The van der Waals surface area contributed by atoms with Crippen molar-refractivity contribution in [2.75, 3.05) is 6.61 Å². The quantitative estimate of drug-likeness (QED) is 0.0423. The van der Waals surface area contributed by atoms with Crippen molar-refractivity contribution in [1.29, 1.82) is 0 Å². The van der Waals surface area contributed by atoms with E-state index in [9.17, 15) is 15.0 Å². The summed E-state index contributed by atoms with van der Waals surface area (Å²) in [6.07, 6.45) is 69.7. The highest BCUT2D eigenvalue weighted by molar-refractivity contribution is 5.76. The molecule has 0 fully saturated rings. The molecule has 0 spiro atoms. The SMILES string of the molecule is CCCCCCCCCC/C=C\CCCCCCCCCCCCCC(=O)NC(CO)C(O)/C=C/CC/C=C/CC/C=C/CCCCCCCCCCCCCCCC. The van der Waals surface area contributed by atoms with Crippen molar-refractivity contribution in [3.63, 3.8) is 0 Å². The van der Waals surface area contributed by atoms with Crippen LogP contribution in [0.3, 0.4) is 0 Å². The Labute approximate surface area is 369 Å². The number of nitrogens with one attached hydrogen (secondary N) is 1. The zero-order valence-electron chi connectivity index (χ0n) is 39.8. The van der Waals surface area contributed by atoms with Crippen LogP contribution in [0.5, 0.6) is 0 Å². The van der Waals surface area contributed by atoms with E-state index < -0.39 is 12.1 Å². The summed E-state index contributed by atoms with van der Waals surface area (Å²) in [5.41, 5.74) is 0. The first-order valence-corrected chi connectivity index (χ1v) is 26.4. The molecule has 1 amide bonds. The van der Waals surface area contributed by atoms with Gasteiger partial charge in [0.2, 0.25) is 5.91 Å². The Morgan fingerprint density at radius 1 is 0.390 bits per heavy atom. The molecule has 0 heterocycles. The Hall–Kier alpha value is -1.65. The lowest BCUT2D eigenvalue weighted by molar-refractivity contribution is -0.123. The van der Waals surface area contributed by atoms with Crippen LogP contribution in [0.4, 0.5) is 0 Å². The van der Waals surface area contributed by atoms with E-state index in [0.717, 1.165) is 38.5 Å². The second-order valence-corrected chi connectivity index (χ2v) is 17.9. The van der Waals surface area contributed by atoms with Crippen LogP contribution in [0.1, 0.15) is 277 Å². The smallest absolute Gasteiger partial charge is 0.220 e. The fraction of sp³-hybridized carbons (Fsp3) is 0.836. The van der Waals surface area contributed by atoms with Crippen molar-refractivity contribution in [1.82, 2.24) is 5.32 Å². The summed E-state index contributed by atoms with van der Waals surface area (Å²) in [7, 11) is 0. The molecular formula is C55H103NO3. The normalized spacial score (nSPS) is 13.2. The summed E-state index contributed by atoms with van der Waals surface area (Å²) in [6.45, 7) is 4.31. The highest BCUT2D eigenvalue weighted by atomic mass is 16.3. The van der Waals surface area contributed by atoms with Crippen LogP contribution in [-0.2, 0) is 4.79 Å². The van der Waals surface area contributed by atoms with E-state index in [0.29, 0.717) is 6.42 Å². The minimum atomic E-state index is -0.871. The van der Waals surface area contributed by atoms with Gasteiger partial charge in [0.05, 0.1) is 18.8 Å². The first-order valence-electron chi connectivity index (χ1n) is 26.4. The summed E-state index contributed by atoms with van der Waals surface area (Å²) >= 11 is 0. The van der Waals surface area contributed by atoms with Crippen LogP contribution in [0.2, 0.25) is 0 Å². The average Bonchev–Trinajstić information content (AvgIpc) is 3.24. The number of aliphatic hydroxyl groups is 2. The lowest BCUT2D eigenvalue weighted by atomic mass is 10.0. The largest absolute Gasteiger partial charge is 0.394 e. The van der Waals surface area contributed by atoms with Gasteiger partial charge in [0.15, 0.2) is 0 Å². The van der Waals surface area contributed by atoms with Crippen molar-refractivity contribution in [2.45, 2.75) is 289 Å². The number of hydrogen-bond donors (Lipinski definition) is 3. The maximum Gasteiger partial charge on any atom is 0.220 e. The number of aliphatic hydroxyl groups excluding tert-OH is 2. The van der Waals surface area contributed by atoms with Crippen LogP contribution in [0, 0.1) is 0 Å². The molecule has 0 aromatic heterocycles. The van der Waals surface area contributed by atoms with Crippen LogP contribution < -0.4 is 5.32 Å². The molecule has 0 bridgehead atoms. The molecule has 4 nitrogen and oxygen atoms in total. The van der Waals surface area contributed by atoms with Crippen molar-refractivity contribution >= 4 is 5.91 Å². The fourth-order valence-corrected chi connectivity index (χ4v) is 7.97. The van der Waals surface area contributed by atoms with Gasteiger partial charge in [-0.25, -0.2) is 0 Å². The van der Waals surface area contributed by atoms with E-state index in [4.69, 9.17) is 0 Å². The molecule has 0 aliphatic carbocycles. The molecule has 2 unspecified atom stereocenters. The number of amides is 1. The van der Waals surface area contributed by atoms with Gasteiger partial charge in [-0.15, -0.1) is 0 Å². The molecular weight excluding hydrogens is 723 g/mol. The Morgan fingerprint density at radius 2 is 0.661 bits per heavy atom. The number of carbonyl (C=O) groups is 1. The zero-order chi connectivity index (χ0) is 42.8. The Bertz CT molecular complexity index is 939. The molecule has 59 heavy (non-hydrogen) atoms. The van der Waals surface area contributed by atoms with Crippen LogP contribution in [0.25, 0.3) is 0 Å². The minimum Gasteiger partial charge on any atom is -0.394 e. The second kappa shape index (κ2) is 50.7. The third-order valence-electron chi connectivity index (χ3n) is 12.0. The number of allylic oxidation sites excluding steroid dienone is 7. The predicted molar refractivity (Wildman–Crippen MR) is 262 cm³/mol. The lowest BCUT2D eigenvalue weighted by Crippen LogP contribution is -2.45. The molecule has 0 aromatic carbocycles. The highest BCUT2D eigenvalue weighted by Gasteiger charge is 2.17. The third-order valence-corrected chi connectivity index (χ3v) is 12.0. The Balaban J connectivity index is 3.58. The number of carbonyl (C=O) groups excluding carboxylic acids is 1. The van der Waals surface area contributed by atoms with Gasteiger partial charge < -0.3 is 15.5 Å². The maximum atomic E-state index is 12.4. The van der Waals surface area contributed by atoms with E-state index in [1.807, 2.05) is 6.08 Å². The van der Waals surface area contributed by atoms with E-state index in [2.05, 4.69) is 55.6 Å². The maximum absolute atomic E-state index is 12.4. The molecule has 0 rings (SSSR count). The molecule has 0 saturated heterocycles. The van der Waals surface area contributed by atoms with Gasteiger partial charge in [-0.3, -0.25) is 4.79 Å². The molecule has 0 aromatic rings. The minimum absolute atomic E-state index is 0.0768. The highest BCUT2D eigenvalue weighted by Crippen LogP contribution is 2.16. The Kier molecular flexibility index (Phi) is 49.3. The topological polar surface area (TPSA) is 69.6 Å². The summed E-state index contributed by atoms with van der Waals surface area (Å²) in [5, 5.41) is 23.1. The first-order chi connectivity index (χ1) is 29.2. The summed E-state index contributed by atoms with van der Waals surface area (Å²) in [4.78, 5) is 12.4. The molecule has 4 heteroatoms. The molecule has 0 aliphatic rings. The van der Waals surface area contributed by atoms with Crippen molar-refractivity contribution < 1.29 is 15.0 Å². The lowest BCUT2D eigenvalue weighted by Gasteiger charge is -2.19. The van der Waals surface area contributed by atoms with Crippen molar-refractivity contribution in [2.24, 2.45) is 0 Å². The van der Waals surface area contributed by atoms with Gasteiger partial charge in [-0.1, -0.05) is 249 Å². The molecule has 0 radical (unpaired) electrons. The standard InChI is InChI=1S/C55H103NO3/c1-3-5-7-9-11-13-15-17-19-21-23-25-27-29-30-32-34-36-38-40-42-44-46-48-50-54(58)53(52-57)56-55(59)51-49-47-45-43-41-39-37-35-33-31-28-26-24-22-20-18-16-14-12-10-8-6-4-2/h22,24,32,34,40,42,48,50,53-54,57-58H,3-21,23,25-31,33,35-39,41,43-47,49,51-52H2,1-2H3,(H,56,59)/b24-22-,34-32+,42-40+,50-48+. The summed E-state index contributed by atoms with van der Waals surface area (Å²) in [5.74, 6) is -0.0768. The first kappa shape index (κ1) is 57.3. The third kappa shape index (κ3) is 47.3. The predicted octanol–water partition coefficient (Wildman–Crippen LogP) is 17.1. The van der Waals surface area contributed by atoms with Crippen LogP contribution in [0.15, 0.2) is 48.6 Å². The van der Waals surface area contributed by atoms with E-state index in [1.54, 1.807) is 6.08 Å². The van der Waals surface area contributed by atoms with Gasteiger partial charge in [-0.2, -0.15) is 0 Å². The number of hydrogen-bond acceptors (Lipinski definition) is 3. The summed E-state index contributed by atoms with van der Waals surface area (Å²) < 4.78 is 0. The van der Waals surface area contributed by atoms with Crippen molar-refractivity contribution in [3.05, 3.63) is 48.6 Å².